The third-order valence-corrected chi connectivity index (χ3v) is 5.11. The summed E-state index contributed by atoms with van der Waals surface area (Å²) in [6.07, 6.45) is 0.0510. The monoisotopic (exact) mass is 458 g/mol. The lowest BCUT2D eigenvalue weighted by Gasteiger charge is -2.14. The van der Waals surface area contributed by atoms with E-state index in [0.717, 1.165) is 23.3 Å². The van der Waals surface area contributed by atoms with E-state index in [1.807, 2.05) is 30.3 Å². The van der Waals surface area contributed by atoms with Crippen LogP contribution in [0.3, 0.4) is 0 Å². The van der Waals surface area contributed by atoms with Crippen LogP contribution in [-0.2, 0) is 0 Å². The van der Waals surface area contributed by atoms with Gasteiger partial charge >= 0.3 is 0 Å². The van der Waals surface area contributed by atoms with Crippen molar-refractivity contribution in [3.05, 3.63) is 81.8 Å². The van der Waals surface area contributed by atoms with Crippen LogP contribution >= 0.6 is 0 Å². The van der Waals surface area contributed by atoms with Crippen molar-refractivity contribution in [2.75, 3.05) is 26.3 Å². The van der Waals surface area contributed by atoms with E-state index < -0.39 is 6.10 Å². The Morgan fingerprint density at radius 2 is 1.79 bits per heavy atom. The number of aliphatic hydroxyl groups is 1. The molecular formula is C26H26N4O4. The zero-order valence-corrected chi connectivity index (χ0v) is 18.9. The Bertz CT molecular complexity index is 1240. The number of hydrogen-bond acceptors (Lipinski definition) is 7. The van der Waals surface area contributed by atoms with Crippen molar-refractivity contribution in [1.82, 2.24) is 10.3 Å². The fourth-order valence-electron chi connectivity index (χ4n) is 3.32. The topological polar surface area (TPSA) is 131 Å². The Kier molecular flexibility index (Phi) is 8.81. The second kappa shape index (κ2) is 12.2. The lowest BCUT2D eigenvalue weighted by atomic mass is 10.0. The Morgan fingerprint density at radius 1 is 1.06 bits per heavy atom. The van der Waals surface area contributed by atoms with E-state index in [9.17, 15) is 9.90 Å². The maximum atomic E-state index is 11.7. The number of aromatic amines is 1. The number of benzene rings is 2. The minimum Gasteiger partial charge on any atom is -0.494 e. The van der Waals surface area contributed by atoms with Gasteiger partial charge < -0.3 is 24.9 Å². The summed E-state index contributed by atoms with van der Waals surface area (Å²) >= 11 is 0. The fourth-order valence-corrected chi connectivity index (χ4v) is 3.32. The number of aliphatic hydroxyl groups excluding tert-OH is 1. The van der Waals surface area contributed by atoms with E-state index >= 15 is 0 Å². The zero-order chi connectivity index (χ0) is 24.3. The smallest absolute Gasteiger partial charge is 0.266 e. The van der Waals surface area contributed by atoms with Gasteiger partial charge in [0.1, 0.15) is 41.9 Å². The van der Waals surface area contributed by atoms with Gasteiger partial charge in [-0.05, 0) is 55.8 Å². The lowest BCUT2D eigenvalue weighted by molar-refractivity contribution is 0.106. The molecule has 3 N–H and O–H groups in total. The summed E-state index contributed by atoms with van der Waals surface area (Å²) in [5.74, 6) is 1.18. The van der Waals surface area contributed by atoms with Crippen molar-refractivity contribution in [3.8, 4) is 34.8 Å². The van der Waals surface area contributed by atoms with Crippen molar-refractivity contribution < 1.29 is 14.6 Å². The first-order valence-corrected chi connectivity index (χ1v) is 10.9. The number of H-pyrrole nitrogens is 1. The lowest BCUT2D eigenvalue weighted by Crippen LogP contribution is -2.32. The molecule has 0 spiro atoms. The number of nitrogens with one attached hydrogen (secondary N) is 2. The minimum atomic E-state index is -0.696. The van der Waals surface area contributed by atoms with Crippen LogP contribution in [0.2, 0.25) is 0 Å². The van der Waals surface area contributed by atoms with E-state index in [1.54, 1.807) is 37.3 Å². The third kappa shape index (κ3) is 6.69. The minimum absolute atomic E-state index is 0.0806. The summed E-state index contributed by atoms with van der Waals surface area (Å²) in [5.41, 5.74) is 2.51. The number of hydrogen-bond donors (Lipinski definition) is 3. The van der Waals surface area contributed by atoms with Crippen LogP contribution in [0.25, 0.3) is 11.1 Å². The highest BCUT2D eigenvalue weighted by atomic mass is 16.5. The van der Waals surface area contributed by atoms with Gasteiger partial charge in [-0.1, -0.05) is 24.3 Å². The van der Waals surface area contributed by atoms with Crippen molar-refractivity contribution in [1.29, 1.82) is 10.5 Å². The summed E-state index contributed by atoms with van der Waals surface area (Å²) in [5, 5.41) is 31.4. The molecule has 0 amide bonds. The number of nitriles is 2. The van der Waals surface area contributed by atoms with E-state index in [2.05, 4.69) is 16.4 Å². The van der Waals surface area contributed by atoms with Crippen molar-refractivity contribution >= 4 is 0 Å². The number of nitrogens with zero attached hydrogens (tertiary/aromatic N) is 2. The second-order valence-corrected chi connectivity index (χ2v) is 7.67. The van der Waals surface area contributed by atoms with Crippen LogP contribution < -0.4 is 20.3 Å². The van der Waals surface area contributed by atoms with Gasteiger partial charge in [0.2, 0.25) is 0 Å². The Hall–Kier alpha value is -4.11. The number of aryl methyl sites for hydroxylation is 1. The predicted molar refractivity (Wildman–Crippen MR) is 128 cm³/mol. The van der Waals surface area contributed by atoms with Gasteiger partial charge in [0, 0.05) is 17.8 Å². The van der Waals surface area contributed by atoms with E-state index in [4.69, 9.17) is 20.0 Å². The normalized spacial score (nSPS) is 11.3. The van der Waals surface area contributed by atoms with Gasteiger partial charge in [-0.3, -0.25) is 4.79 Å². The maximum Gasteiger partial charge on any atom is 0.266 e. The molecule has 0 bridgehead atoms. The van der Waals surface area contributed by atoms with Crippen molar-refractivity contribution in [2.24, 2.45) is 0 Å². The molecule has 3 aromatic rings. The molecule has 0 aliphatic carbocycles. The molecule has 0 aliphatic rings. The SMILES string of the molecule is Cc1[nH]c(=O)c(C#N)cc1-c1ccc(OCCCNC[C@H](O)COc2ccccc2C#N)cc1. The highest BCUT2D eigenvalue weighted by Crippen LogP contribution is 2.24. The first kappa shape index (κ1) is 24.5. The van der Waals surface area contributed by atoms with Crippen molar-refractivity contribution in [3.63, 3.8) is 0 Å². The van der Waals surface area contributed by atoms with Crippen LogP contribution in [0, 0.1) is 29.6 Å². The third-order valence-electron chi connectivity index (χ3n) is 5.11. The van der Waals surface area contributed by atoms with E-state index in [0.29, 0.717) is 36.7 Å². The fraction of sp³-hybridized carbons (Fsp3) is 0.269. The average Bonchev–Trinajstić information content (AvgIpc) is 2.85. The summed E-state index contributed by atoms with van der Waals surface area (Å²) in [7, 11) is 0. The highest BCUT2D eigenvalue weighted by molar-refractivity contribution is 5.67. The molecule has 3 rings (SSSR count). The number of rotatable bonds is 11. The molecule has 8 nitrogen and oxygen atoms in total. The number of para-hydroxylation sites is 1. The summed E-state index contributed by atoms with van der Waals surface area (Å²) in [6.45, 7) is 3.43. The molecular weight excluding hydrogens is 432 g/mol. The summed E-state index contributed by atoms with van der Waals surface area (Å²) in [6, 6.07) is 19.9. The Labute approximate surface area is 198 Å². The summed E-state index contributed by atoms with van der Waals surface area (Å²) in [4.78, 5) is 14.4. The molecule has 0 radical (unpaired) electrons. The quantitative estimate of drug-likeness (QED) is 0.377. The molecule has 1 heterocycles. The molecule has 174 valence electrons. The van der Waals surface area contributed by atoms with Gasteiger partial charge in [-0.25, -0.2) is 0 Å². The molecule has 0 unspecified atom stereocenters. The zero-order valence-electron chi connectivity index (χ0n) is 18.9. The Morgan fingerprint density at radius 3 is 2.53 bits per heavy atom. The molecule has 8 heteroatoms. The molecule has 0 fully saturated rings. The molecule has 1 atom stereocenters. The van der Waals surface area contributed by atoms with Crippen molar-refractivity contribution in [2.45, 2.75) is 19.4 Å². The maximum absolute atomic E-state index is 11.7. The van der Waals surface area contributed by atoms with Gasteiger partial charge in [-0.15, -0.1) is 0 Å². The van der Waals surface area contributed by atoms with E-state index in [-0.39, 0.29) is 17.7 Å². The number of ether oxygens (including phenoxy) is 2. The molecule has 34 heavy (non-hydrogen) atoms. The number of pyridine rings is 1. The molecule has 2 aromatic carbocycles. The van der Waals surface area contributed by atoms with Crippen LogP contribution in [-0.4, -0.2) is 42.5 Å². The van der Waals surface area contributed by atoms with Crippen LogP contribution in [0.15, 0.2) is 59.4 Å². The molecule has 0 saturated carbocycles. The Balaban J connectivity index is 1.37. The van der Waals surface area contributed by atoms with Gasteiger partial charge in [-0.2, -0.15) is 10.5 Å². The predicted octanol–water partition coefficient (Wildman–Crippen LogP) is 2.89. The van der Waals surface area contributed by atoms with Crippen LogP contribution in [0.4, 0.5) is 0 Å². The standard InChI is InChI=1S/C26H26N4O4/c1-18-24(13-21(15-28)26(32)30-18)19-7-9-23(10-8-19)33-12-4-11-29-16-22(31)17-34-25-6-3-2-5-20(25)14-27/h2-3,5-10,13,22,29,31H,4,11-12,16-17H2,1H3,(H,30,32)/t22-/m0/s1. The van der Waals surface area contributed by atoms with Crippen LogP contribution in [0.1, 0.15) is 23.2 Å². The van der Waals surface area contributed by atoms with Gasteiger partial charge in [0.05, 0.1) is 12.2 Å². The summed E-state index contributed by atoms with van der Waals surface area (Å²) < 4.78 is 11.3. The van der Waals surface area contributed by atoms with Gasteiger partial charge in [0.25, 0.3) is 5.56 Å². The van der Waals surface area contributed by atoms with E-state index in [1.165, 1.54) is 0 Å². The first-order chi connectivity index (χ1) is 16.5. The molecule has 0 saturated heterocycles. The van der Waals surface area contributed by atoms with Crippen LogP contribution in [0.5, 0.6) is 11.5 Å². The molecule has 1 aromatic heterocycles. The first-order valence-electron chi connectivity index (χ1n) is 10.9. The number of aromatic nitrogens is 1. The molecule has 0 aliphatic heterocycles. The second-order valence-electron chi connectivity index (χ2n) is 7.67. The average molecular weight is 459 g/mol. The largest absolute Gasteiger partial charge is 0.494 e. The highest BCUT2D eigenvalue weighted by Gasteiger charge is 2.09. The van der Waals surface area contributed by atoms with Gasteiger partial charge in [0.15, 0.2) is 0 Å².